The van der Waals surface area contributed by atoms with Gasteiger partial charge in [0, 0.05) is 30.4 Å². The summed E-state index contributed by atoms with van der Waals surface area (Å²) in [5.41, 5.74) is 1.26. The summed E-state index contributed by atoms with van der Waals surface area (Å²) in [5.74, 6) is 2.35. The van der Waals surface area contributed by atoms with Gasteiger partial charge in [-0.05, 0) is 30.7 Å². The highest BCUT2D eigenvalue weighted by Gasteiger charge is 2.22. The predicted octanol–water partition coefficient (Wildman–Crippen LogP) is 2.28. The number of hydrogen-bond donors (Lipinski definition) is 1. The standard InChI is InChI=1S/C14H16BrN3O2/c1-9-17-14(20-18-9)4-5-16-8-12-7-10-6-11(15)2-3-13(10)19-12/h2-3,6,12,16H,4-5,7-8H2,1H3. The first-order valence-electron chi connectivity index (χ1n) is 6.66. The Morgan fingerprint density at radius 1 is 1.45 bits per heavy atom. The molecule has 1 aromatic carbocycles. The van der Waals surface area contributed by atoms with E-state index in [0.717, 1.165) is 36.2 Å². The van der Waals surface area contributed by atoms with Gasteiger partial charge in [0.2, 0.25) is 5.89 Å². The lowest BCUT2D eigenvalue weighted by molar-refractivity contribution is 0.227. The van der Waals surface area contributed by atoms with Crippen LogP contribution in [-0.2, 0) is 12.8 Å². The fraction of sp³-hybridized carbons (Fsp3) is 0.429. The van der Waals surface area contributed by atoms with Crippen molar-refractivity contribution >= 4 is 15.9 Å². The van der Waals surface area contributed by atoms with Gasteiger partial charge in [-0.2, -0.15) is 4.98 Å². The lowest BCUT2D eigenvalue weighted by Gasteiger charge is -2.11. The minimum Gasteiger partial charge on any atom is -0.488 e. The largest absolute Gasteiger partial charge is 0.488 e. The lowest BCUT2D eigenvalue weighted by Crippen LogP contribution is -2.31. The highest BCUT2D eigenvalue weighted by atomic mass is 79.9. The Labute approximate surface area is 125 Å². The predicted molar refractivity (Wildman–Crippen MR) is 77.9 cm³/mol. The first kappa shape index (κ1) is 13.6. The third-order valence-electron chi connectivity index (χ3n) is 3.22. The smallest absolute Gasteiger partial charge is 0.227 e. The Hall–Kier alpha value is -1.40. The minimum atomic E-state index is 0.198. The van der Waals surface area contributed by atoms with Gasteiger partial charge in [0.25, 0.3) is 0 Å². The molecule has 1 aromatic heterocycles. The van der Waals surface area contributed by atoms with E-state index in [1.54, 1.807) is 0 Å². The summed E-state index contributed by atoms with van der Waals surface area (Å²) in [5, 5.41) is 7.14. The summed E-state index contributed by atoms with van der Waals surface area (Å²) in [6, 6.07) is 6.14. The van der Waals surface area contributed by atoms with Gasteiger partial charge in [0.1, 0.15) is 11.9 Å². The van der Waals surface area contributed by atoms with Gasteiger partial charge in [0.15, 0.2) is 5.82 Å². The molecule has 3 rings (SSSR count). The molecule has 0 bridgehead atoms. The van der Waals surface area contributed by atoms with Crippen molar-refractivity contribution in [3.05, 3.63) is 40.0 Å². The molecule has 5 nitrogen and oxygen atoms in total. The van der Waals surface area contributed by atoms with Gasteiger partial charge in [-0.25, -0.2) is 0 Å². The van der Waals surface area contributed by atoms with E-state index < -0.39 is 0 Å². The van der Waals surface area contributed by atoms with E-state index >= 15 is 0 Å². The van der Waals surface area contributed by atoms with E-state index in [0.29, 0.717) is 11.7 Å². The average Bonchev–Trinajstić information content (AvgIpc) is 3.00. The highest BCUT2D eigenvalue weighted by molar-refractivity contribution is 9.10. The molecule has 20 heavy (non-hydrogen) atoms. The van der Waals surface area contributed by atoms with E-state index in [1.165, 1.54) is 5.56 Å². The molecule has 0 aliphatic carbocycles. The summed E-state index contributed by atoms with van der Waals surface area (Å²) in [6.45, 7) is 3.45. The number of rotatable bonds is 5. The third kappa shape index (κ3) is 3.19. The van der Waals surface area contributed by atoms with E-state index in [2.05, 4.69) is 37.5 Å². The van der Waals surface area contributed by atoms with Crippen LogP contribution in [0.5, 0.6) is 5.75 Å². The molecule has 2 heterocycles. The van der Waals surface area contributed by atoms with Crippen molar-refractivity contribution in [2.45, 2.75) is 25.9 Å². The monoisotopic (exact) mass is 337 g/mol. The zero-order valence-corrected chi connectivity index (χ0v) is 12.8. The second-order valence-corrected chi connectivity index (χ2v) is 5.80. The van der Waals surface area contributed by atoms with Gasteiger partial charge in [-0.1, -0.05) is 21.1 Å². The fourth-order valence-corrected chi connectivity index (χ4v) is 2.71. The number of benzene rings is 1. The Balaban J connectivity index is 1.42. The van der Waals surface area contributed by atoms with Crippen molar-refractivity contribution in [1.82, 2.24) is 15.5 Å². The molecule has 2 aromatic rings. The normalized spacial score (nSPS) is 17.0. The highest BCUT2D eigenvalue weighted by Crippen LogP contribution is 2.30. The summed E-state index contributed by atoms with van der Waals surface area (Å²) in [7, 11) is 0. The fourth-order valence-electron chi connectivity index (χ4n) is 2.30. The summed E-state index contributed by atoms with van der Waals surface area (Å²) >= 11 is 3.48. The topological polar surface area (TPSA) is 60.2 Å². The van der Waals surface area contributed by atoms with E-state index in [-0.39, 0.29) is 6.10 Å². The van der Waals surface area contributed by atoms with Crippen LogP contribution in [0.15, 0.2) is 27.2 Å². The van der Waals surface area contributed by atoms with Crippen molar-refractivity contribution in [3.63, 3.8) is 0 Å². The van der Waals surface area contributed by atoms with Gasteiger partial charge < -0.3 is 14.6 Å². The van der Waals surface area contributed by atoms with E-state index in [9.17, 15) is 0 Å². The molecule has 0 saturated carbocycles. The van der Waals surface area contributed by atoms with Crippen LogP contribution in [0.1, 0.15) is 17.3 Å². The molecule has 1 atom stereocenters. The quantitative estimate of drug-likeness (QED) is 0.848. The molecule has 1 aliphatic heterocycles. The Bertz CT molecular complexity index is 600. The number of halogens is 1. The number of nitrogens with one attached hydrogen (secondary N) is 1. The van der Waals surface area contributed by atoms with Crippen molar-refractivity contribution in [2.24, 2.45) is 0 Å². The average molecular weight is 338 g/mol. The molecule has 106 valence electrons. The van der Waals surface area contributed by atoms with Crippen LogP contribution in [-0.4, -0.2) is 29.3 Å². The van der Waals surface area contributed by atoms with E-state index in [4.69, 9.17) is 9.26 Å². The van der Waals surface area contributed by atoms with E-state index in [1.807, 2.05) is 19.1 Å². The van der Waals surface area contributed by atoms with Gasteiger partial charge in [0.05, 0.1) is 0 Å². The van der Waals surface area contributed by atoms with Crippen LogP contribution in [0.3, 0.4) is 0 Å². The van der Waals surface area contributed by atoms with Crippen LogP contribution in [0.25, 0.3) is 0 Å². The molecule has 6 heteroatoms. The molecule has 0 spiro atoms. The number of hydrogen-bond acceptors (Lipinski definition) is 5. The second kappa shape index (κ2) is 5.93. The number of nitrogens with zero attached hydrogens (tertiary/aromatic N) is 2. The molecule has 0 fully saturated rings. The van der Waals surface area contributed by atoms with Crippen molar-refractivity contribution in [3.8, 4) is 5.75 Å². The molecule has 0 radical (unpaired) electrons. The zero-order chi connectivity index (χ0) is 13.9. The van der Waals surface area contributed by atoms with Crippen LogP contribution in [0.2, 0.25) is 0 Å². The molecular weight excluding hydrogens is 322 g/mol. The maximum atomic E-state index is 5.88. The van der Waals surface area contributed by atoms with Crippen molar-refractivity contribution in [2.75, 3.05) is 13.1 Å². The van der Waals surface area contributed by atoms with Gasteiger partial charge in [-0.3, -0.25) is 0 Å². The van der Waals surface area contributed by atoms with Crippen molar-refractivity contribution < 1.29 is 9.26 Å². The molecule has 1 aliphatic rings. The molecule has 1 N–H and O–H groups in total. The molecule has 0 amide bonds. The molecule has 0 saturated heterocycles. The second-order valence-electron chi connectivity index (χ2n) is 4.89. The number of ether oxygens (including phenoxy) is 1. The number of fused-ring (bicyclic) bond motifs is 1. The molecule has 1 unspecified atom stereocenters. The Morgan fingerprint density at radius 3 is 3.15 bits per heavy atom. The Kier molecular flexibility index (Phi) is 4.03. The SMILES string of the molecule is Cc1noc(CCNCC2Cc3cc(Br)ccc3O2)n1. The van der Waals surface area contributed by atoms with Gasteiger partial charge >= 0.3 is 0 Å². The van der Waals surface area contributed by atoms with Crippen LogP contribution < -0.4 is 10.1 Å². The maximum Gasteiger partial charge on any atom is 0.227 e. The Morgan fingerprint density at radius 2 is 2.35 bits per heavy atom. The van der Waals surface area contributed by atoms with Crippen LogP contribution in [0.4, 0.5) is 0 Å². The zero-order valence-electron chi connectivity index (χ0n) is 11.2. The van der Waals surface area contributed by atoms with Crippen LogP contribution >= 0.6 is 15.9 Å². The van der Waals surface area contributed by atoms with Crippen LogP contribution in [0, 0.1) is 6.92 Å². The first-order chi connectivity index (χ1) is 9.70. The molecular formula is C14H16BrN3O2. The maximum absolute atomic E-state index is 5.88. The van der Waals surface area contributed by atoms with Gasteiger partial charge in [-0.15, -0.1) is 0 Å². The summed E-state index contributed by atoms with van der Waals surface area (Å²) in [4.78, 5) is 4.17. The summed E-state index contributed by atoms with van der Waals surface area (Å²) < 4.78 is 12.0. The van der Waals surface area contributed by atoms with Crippen molar-refractivity contribution in [1.29, 1.82) is 0 Å². The third-order valence-corrected chi connectivity index (χ3v) is 3.71. The minimum absolute atomic E-state index is 0.198. The first-order valence-corrected chi connectivity index (χ1v) is 7.45. The number of aromatic nitrogens is 2. The lowest BCUT2D eigenvalue weighted by atomic mass is 10.1. The summed E-state index contributed by atoms with van der Waals surface area (Å²) in [6.07, 6.45) is 1.89. The number of aryl methyl sites for hydroxylation is 1.